The normalized spacial score (nSPS) is 13.2. The lowest BCUT2D eigenvalue weighted by Gasteiger charge is -2.24. The molecule has 1 aromatic carbocycles. The van der Waals surface area contributed by atoms with E-state index in [1.54, 1.807) is 46.0 Å². The Bertz CT molecular complexity index is 1640. The van der Waals surface area contributed by atoms with Crippen molar-refractivity contribution in [3.05, 3.63) is 41.6 Å². The van der Waals surface area contributed by atoms with Crippen LogP contribution in [0.4, 0.5) is 26.8 Å². The van der Waals surface area contributed by atoms with Gasteiger partial charge in [0.1, 0.15) is 23.1 Å². The van der Waals surface area contributed by atoms with E-state index in [1.165, 1.54) is 16.8 Å². The van der Waals surface area contributed by atoms with E-state index in [-0.39, 0.29) is 41.2 Å². The first kappa shape index (κ1) is 30.4. The Hall–Kier alpha value is -4.58. The first-order valence-electron chi connectivity index (χ1n) is 13.2. The minimum atomic E-state index is -3.40. The highest BCUT2D eigenvalue weighted by atomic mass is 32.2. The fourth-order valence-electron chi connectivity index (χ4n) is 4.01. The van der Waals surface area contributed by atoms with Gasteiger partial charge in [0.15, 0.2) is 15.5 Å². The lowest BCUT2D eigenvalue weighted by Crippen LogP contribution is -2.37. The minimum Gasteiger partial charge on any atom is -0.444 e. The zero-order valence-corrected chi connectivity index (χ0v) is 24.9. The highest BCUT2D eigenvalue weighted by molar-refractivity contribution is 7.89. The molecule has 15 heteroatoms. The van der Waals surface area contributed by atoms with Gasteiger partial charge < -0.3 is 30.3 Å². The number of sulfone groups is 1. The first-order chi connectivity index (χ1) is 19.7. The summed E-state index contributed by atoms with van der Waals surface area (Å²) in [6.45, 7) is 5.99. The fourth-order valence-corrected chi connectivity index (χ4v) is 4.81. The molecule has 3 aromatic rings. The van der Waals surface area contributed by atoms with E-state index >= 15 is 0 Å². The van der Waals surface area contributed by atoms with Crippen LogP contribution in [0.15, 0.2) is 30.5 Å². The van der Waals surface area contributed by atoms with Gasteiger partial charge in [-0.1, -0.05) is 0 Å². The minimum absolute atomic E-state index is 0.0485. The second kappa shape index (κ2) is 12.1. The van der Waals surface area contributed by atoms with Gasteiger partial charge in [-0.2, -0.15) is 14.9 Å². The number of alkyl carbamates (subject to hydrolysis) is 1. The number of nitrogens with zero attached hydrogens (tertiary/aromatic N) is 5. The van der Waals surface area contributed by atoms with Crippen LogP contribution in [0.1, 0.15) is 44.7 Å². The Balaban J connectivity index is 1.56. The molecule has 4 rings (SSSR count). The second-order valence-electron chi connectivity index (χ2n) is 11.1. The number of amides is 2. The topological polar surface area (TPSA) is 180 Å². The summed E-state index contributed by atoms with van der Waals surface area (Å²) < 4.78 is 36.5. The molecule has 0 atom stereocenters. The Morgan fingerprint density at radius 1 is 1.21 bits per heavy atom. The van der Waals surface area contributed by atoms with Crippen LogP contribution in [0.25, 0.3) is 5.65 Å². The highest BCUT2D eigenvalue weighted by Crippen LogP contribution is 2.29. The Labute approximate surface area is 243 Å². The van der Waals surface area contributed by atoms with Crippen molar-refractivity contribution >= 4 is 44.9 Å². The van der Waals surface area contributed by atoms with Crippen LogP contribution in [0.5, 0.6) is 5.88 Å². The highest BCUT2D eigenvalue weighted by Gasteiger charge is 2.25. The van der Waals surface area contributed by atoms with Crippen LogP contribution in [0.3, 0.4) is 0 Å². The number of carbonyl (C=O) groups excluding carboxylic acids is 2. The first-order valence-corrected chi connectivity index (χ1v) is 15.3. The molecule has 14 nitrogen and oxygen atoms in total. The van der Waals surface area contributed by atoms with Crippen molar-refractivity contribution in [1.29, 1.82) is 5.26 Å². The number of nitrogens with one attached hydrogen (secondary N) is 3. The van der Waals surface area contributed by atoms with Crippen molar-refractivity contribution in [2.75, 3.05) is 36.6 Å². The number of nitriles is 1. The number of hydrogen-bond donors (Lipinski definition) is 3. The van der Waals surface area contributed by atoms with E-state index in [4.69, 9.17) is 9.47 Å². The maximum atomic E-state index is 12.3. The molecule has 2 amide bonds. The second-order valence-corrected chi connectivity index (χ2v) is 13.2. The lowest BCUT2D eigenvalue weighted by atomic mass is 10.1. The van der Waals surface area contributed by atoms with E-state index in [2.05, 4.69) is 26.0 Å². The van der Waals surface area contributed by atoms with E-state index in [9.17, 15) is 23.3 Å². The van der Waals surface area contributed by atoms with Crippen LogP contribution in [-0.4, -0.2) is 73.2 Å². The van der Waals surface area contributed by atoms with Gasteiger partial charge in [-0.3, -0.25) is 0 Å². The van der Waals surface area contributed by atoms with Crippen molar-refractivity contribution in [2.45, 2.75) is 51.0 Å². The molecule has 0 bridgehead atoms. The van der Waals surface area contributed by atoms with Crippen molar-refractivity contribution in [2.24, 2.45) is 0 Å². The average Bonchev–Trinajstić information content (AvgIpc) is 3.57. The number of carbonyl (C=O) groups is 2. The summed E-state index contributed by atoms with van der Waals surface area (Å²) in [5.74, 6) is 0.0689. The SMILES string of the molecule is CN(CCNC(=O)OC(C)(C)C)c1ccc(Nc2cc(OC(=O)NC3CC3)n3ncc(C#N)c3n2)cc1CS(C)(=O)=O. The van der Waals surface area contributed by atoms with Gasteiger partial charge in [-0.05, 0) is 57.4 Å². The average molecular weight is 599 g/mol. The molecule has 0 spiro atoms. The Morgan fingerprint density at radius 2 is 1.95 bits per heavy atom. The number of fused-ring (bicyclic) bond motifs is 1. The van der Waals surface area contributed by atoms with Gasteiger partial charge in [0.05, 0.1) is 11.9 Å². The zero-order chi connectivity index (χ0) is 30.7. The Kier molecular flexibility index (Phi) is 8.76. The number of anilines is 3. The van der Waals surface area contributed by atoms with Gasteiger partial charge in [0.2, 0.25) is 5.88 Å². The Morgan fingerprint density at radius 3 is 2.60 bits per heavy atom. The van der Waals surface area contributed by atoms with E-state index in [0.717, 1.165) is 19.1 Å². The van der Waals surface area contributed by atoms with Crippen LogP contribution < -0.4 is 25.6 Å². The van der Waals surface area contributed by atoms with Crippen LogP contribution in [0, 0.1) is 11.3 Å². The van der Waals surface area contributed by atoms with Gasteiger partial charge in [-0.15, -0.1) is 0 Å². The molecular weight excluding hydrogens is 564 g/mol. The van der Waals surface area contributed by atoms with Gasteiger partial charge in [0, 0.05) is 49.9 Å². The molecule has 1 saturated carbocycles. The molecule has 224 valence electrons. The molecule has 0 saturated heterocycles. The molecule has 2 heterocycles. The number of rotatable bonds is 10. The number of hydrogen-bond acceptors (Lipinski definition) is 11. The summed E-state index contributed by atoms with van der Waals surface area (Å²) in [4.78, 5) is 30.6. The molecule has 3 N–H and O–H groups in total. The summed E-state index contributed by atoms with van der Waals surface area (Å²) in [6.07, 6.45) is 3.06. The molecule has 0 unspecified atom stereocenters. The predicted octanol–water partition coefficient (Wildman–Crippen LogP) is 3.10. The summed E-state index contributed by atoms with van der Waals surface area (Å²) in [5, 5.41) is 22.2. The van der Waals surface area contributed by atoms with Crippen molar-refractivity contribution in [3.8, 4) is 11.9 Å². The molecule has 42 heavy (non-hydrogen) atoms. The van der Waals surface area contributed by atoms with E-state index in [0.29, 0.717) is 23.5 Å². The standard InChI is InChI=1S/C27H34N8O6S/c1-27(2,3)41-25(36)29-10-11-34(4)21-9-8-20(12-17(21)16-42(5,38)39)31-22-13-23(40-26(37)32-19-6-7-19)35-24(33-22)18(14-28)15-30-35/h8-9,12-13,15,19H,6-7,10-11,16H2,1-5H3,(H,29,36)(H,31,33)(H,32,37). The lowest BCUT2D eigenvalue weighted by molar-refractivity contribution is 0.0529. The third-order valence-corrected chi connectivity index (χ3v) is 6.79. The largest absolute Gasteiger partial charge is 0.444 e. The monoisotopic (exact) mass is 598 g/mol. The summed E-state index contributed by atoms with van der Waals surface area (Å²) >= 11 is 0. The molecule has 1 fully saturated rings. The van der Waals surface area contributed by atoms with Crippen LogP contribution >= 0.6 is 0 Å². The number of likely N-dealkylation sites (N-methyl/N-ethyl adjacent to an activating group) is 1. The molecule has 1 aliphatic rings. The maximum Gasteiger partial charge on any atom is 0.414 e. The predicted molar refractivity (Wildman–Crippen MR) is 156 cm³/mol. The number of benzene rings is 1. The van der Waals surface area contributed by atoms with Gasteiger partial charge >= 0.3 is 12.2 Å². The number of aromatic nitrogens is 3. The quantitative estimate of drug-likeness (QED) is 0.312. The molecular formula is C27H34N8O6S. The third-order valence-electron chi connectivity index (χ3n) is 5.95. The number of ether oxygens (including phenoxy) is 2. The summed E-state index contributed by atoms with van der Waals surface area (Å²) in [7, 11) is -1.61. The van der Waals surface area contributed by atoms with Crippen LogP contribution in [-0.2, 0) is 20.3 Å². The smallest absolute Gasteiger partial charge is 0.414 e. The van der Waals surface area contributed by atoms with Gasteiger partial charge in [0.25, 0.3) is 0 Å². The van der Waals surface area contributed by atoms with Crippen molar-refractivity contribution in [1.82, 2.24) is 25.2 Å². The zero-order valence-electron chi connectivity index (χ0n) is 24.1. The summed E-state index contributed by atoms with van der Waals surface area (Å²) in [6, 6.07) is 8.75. The molecule has 0 radical (unpaired) electrons. The molecule has 2 aromatic heterocycles. The van der Waals surface area contributed by atoms with Crippen molar-refractivity contribution < 1.29 is 27.5 Å². The van der Waals surface area contributed by atoms with E-state index in [1.807, 2.05) is 11.0 Å². The van der Waals surface area contributed by atoms with Gasteiger partial charge in [-0.25, -0.2) is 23.0 Å². The summed E-state index contributed by atoms with van der Waals surface area (Å²) in [5.41, 5.74) is 1.43. The van der Waals surface area contributed by atoms with Crippen LogP contribution in [0.2, 0.25) is 0 Å². The van der Waals surface area contributed by atoms with Crippen molar-refractivity contribution in [3.63, 3.8) is 0 Å². The van der Waals surface area contributed by atoms with E-state index < -0.39 is 27.6 Å². The molecule has 0 aliphatic heterocycles. The maximum absolute atomic E-state index is 12.3. The fraction of sp³-hybridized carbons (Fsp3) is 0.444. The molecule has 1 aliphatic carbocycles. The third kappa shape index (κ3) is 8.46.